The number of benzene rings is 1. The summed E-state index contributed by atoms with van der Waals surface area (Å²) in [7, 11) is 1.22. The minimum atomic E-state index is -0.903. The van der Waals surface area contributed by atoms with Crippen molar-refractivity contribution in [2.24, 2.45) is 5.92 Å². The van der Waals surface area contributed by atoms with Crippen molar-refractivity contribution in [3.05, 3.63) is 35.4 Å². The molecule has 0 spiro atoms. The fourth-order valence-corrected chi connectivity index (χ4v) is 2.89. The Morgan fingerprint density at radius 3 is 2.55 bits per heavy atom. The second kappa shape index (κ2) is 9.81. The van der Waals surface area contributed by atoms with Gasteiger partial charge in [0.05, 0.1) is 13.5 Å². The molecule has 0 saturated carbocycles. The maximum absolute atomic E-state index is 12.4. The third kappa shape index (κ3) is 5.40. The molecule has 2 rings (SSSR count). The van der Waals surface area contributed by atoms with E-state index in [1.807, 2.05) is 6.92 Å². The summed E-state index contributed by atoms with van der Waals surface area (Å²) < 4.78 is 9.54. The topological polar surface area (TPSA) is 119 Å². The van der Waals surface area contributed by atoms with E-state index in [4.69, 9.17) is 4.74 Å². The number of ether oxygens (including phenoxy) is 2. The molecule has 1 N–H and O–H groups in total. The van der Waals surface area contributed by atoms with Crippen LogP contribution in [0.25, 0.3) is 0 Å². The van der Waals surface area contributed by atoms with Gasteiger partial charge >= 0.3 is 11.9 Å². The molecule has 0 unspecified atom stereocenters. The van der Waals surface area contributed by atoms with Crippen molar-refractivity contribution in [3.8, 4) is 0 Å². The minimum absolute atomic E-state index is 0.00535. The Balaban J connectivity index is 1.91. The number of nitrogens with one attached hydrogen (secondary N) is 1. The van der Waals surface area contributed by atoms with E-state index in [-0.39, 0.29) is 12.3 Å². The van der Waals surface area contributed by atoms with E-state index in [9.17, 15) is 24.0 Å². The summed E-state index contributed by atoms with van der Waals surface area (Å²) in [4.78, 5) is 61.3. The second-order valence-electron chi connectivity index (χ2n) is 6.73. The Morgan fingerprint density at radius 2 is 1.90 bits per heavy atom. The van der Waals surface area contributed by atoms with Crippen LogP contribution in [-0.2, 0) is 35.1 Å². The van der Waals surface area contributed by atoms with Gasteiger partial charge in [-0.1, -0.05) is 38.5 Å². The van der Waals surface area contributed by atoms with Crippen molar-refractivity contribution < 1.29 is 33.4 Å². The molecule has 0 bridgehead atoms. The van der Waals surface area contributed by atoms with Crippen molar-refractivity contribution in [2.45, 2.75) is 32.7 Å². The lowest BCUT2D eigenvalue weighted by Gasteiger charge is -2.26. The Labute approximate surface area is 168 Å². The zero-order valence-electron chi connectivity index (χ0n) is 16.6. The number of fused-ring (bicyclic) bond motifs is 1. The molecule has 0 radical (unpaired) electrons. The molecule has 2 atom stereocenters. The molecule has 0 saturated heterocycles. The van der Waals surface area contributed by atoms with Crippen LogP contribution in [0.4, 0.5) is 0 Å². The second-order valence-corrected chi connectivity index (χ2v) is 6.73. The molecular weight excluding hydrogens is 380 g/mol. The standard InChI is InChI=1S/C20H24N2O7/c1-4-12(2)18(20(27)28-3)21-15(23)11-29-17(25)10-22-16(24)9-13-7-5-6-8-14(13)19(22)26/h5-8,12,18H,4,9-11H2,1-3H3,(H,21,23)/t12-,18-/m0/s1. The monoisotopic (exact) mass is 404 g/mol. The number of nitrogens with zero attached hydrogens (tertiary/aromatic N) is 1. The van der Waals surface area contributed by atoms with E-state index in [0.29, 0.717) is 17.5 Å². The molecule has 9 nitrogen and oxygen atoms in total. The maximum atomic E-state index is 12.4. The van der Waals surface area contributed by atoms with Crippen LogP contribution in [0.3, 0.4) is 0 Å². The van der Waals surface area contributed by atoms with Crippen LogP contribution in [0.1, 0.15) is 36.2 Å². The molecule has 29 heavy (non-hydrogen) atoms. The summed E-state index contributed by atoms with van der Waals surface area (Å²) in [6.07, 6.45) is 0.631. The van der Waals surface area contributed by atoms with Crippen LogP contribution in [0.2, 0.25) is 0 Å². The SMILES string of the molecule is CC[C@H](C)[C@H](NC(=O)COC(=O)CN1C(=O)Cc2ccccc2C1=O)C(=O)OC. The van der Waals surface area contributed by atoms with Crippen molar-refractivity contribution in [1.29, 1.82) is 0 Å². The van der Waals surface area contributed by atoms with Crippen LogP contribution in [0, 0.1) is 5.92 Å². The molecule has 0 aliphatic carbocycles. The third-order valence-corrected chi connectivity index (χ3v) is 4.77. The number of imide groups is 1. The first-order valence-electron chi connectivity index (χ1n) is 9.23. The molecule has 1 aliphatic heterocycles. The van der Waals surface area contributed by atoms with Crippen LogP contribution in [-0.4, -0.2) is 60.9 Å². The Kier molecular flexibility index (Phi) is 7.46. The van der Waals surface area contributed by atoms with Gasteiger partial charge < -0.3 is 14.8 Å². The van der Waals surface area contributed by atoms with Gasteiger partial charge in [0.1, 0.15) is 12.6 Å². The molecule has 1 aromatic rings. The lowest BCUT2D eigenvalue weighted by molar-refractivity contribution is -0.152. The number of hydrogen-bond acceptors (Lipinski definition) is 7. The quantitative estimate of drug-likeness (QED) is 0.494. The lowest BCUT2D eigenvalue weighted by Crippen LogP contribution is -2.48. The normalized spacial score (nSPS) is 15.2. The van der Waals surface area contributed by atoms with Crippen molar-refractivity contribution >= 4 is 29.7 Å². The van der Waals surface area contributed by atoms with Crippen LogP contribution < -0.4 is 5.32 Å². The molecule has 156 valence electrons. The number of carbonyl (C=O) groups excluding carboxylic acids is 5. The highest BCUT2D eigenvalue weighted by Gasteiger charge is 2.33. The van der Waals surface area contributed by atoms with Crippen molar-refractivity contribution in [2.75, 3.05) is 20.3 Å². The van der Waals surface area contributed by atoms with E-state index in [0.717, 1.165) is 4.90 Å². The molecule has 1 aliphatic rings. The molecule has 9 heteroatoms. The summed E-state index contributed by atoms with van der Waals surface area (Å²) in [5.41, 5.74) is 0.956. The molecule has 1 aromatic carbocycles. The summed E-state index contributed by atoms with van der Waals surface area (Å²) in [6, 6.07) is 5.79. The maximum Gasteiger partial charge on any atom is 0.328 e. The first-order valence-corrected chi connectivity index (χ1v) is 9.23. The van der Waals surface area contributed by atoms with E-state index in [1.54, 1.807) is 31.2 Å². The Morgan fingerprint density at radius 1 is 1.21 bits per heavy atom. The first-order chi connectivity index (χ1) is 13.8. The predicted molar refractivity (Wildman–Crippen MR) is 101 cm³/mol. The summed E-state index contributed by atoms with van der Waals surface area (Å²) in [5.74, 6) is -3.46. The summed E-state index contributed by atoms with van der Waals surface area (Å²) in [5, 5.41) is 2.47. The average molecular weight is 404 g/mol. The zero-order chi connectivity index (χ0) is 21.6. The number of rotatable bonds is 8. The van der Waals surface area contributed by atoms with Gasteiger partial charge in [0, 0.05) is 5.56 Å². The highest BCUT2D eigenvalue weighted by Crippen LogP contribution is 2.19. The molecule has 0 aromatic heterocycles. The van der Waals surface area contributed by atoms with E-state index in [1.165, 1.54) is 7.11 Å². The van der Waals surface area contributed by atoms with Crippen molar-refractivity contribution in [3.63, 3.8) is 0 Å². The predicted octanol–water partition coefficient (Wildman–Crippen LogP) is 0.459. The molecular formula is C20H24N2O7. The van der Waals surface area contributed by atoms with Gasteiger partial charge in [-0.25, -0.2) is 4.79 Å². The Hall–Kier alpha value is -3.23. The number of amides is 3. The lowest BCUT2D eigenvalue weighted by atomic mass is 9.98. The highest BCUT2D eigenvalue weighted by molar-refractivity contribution is 6.11. The van der Waals surface area contributed by atoms with Crippen LogP contribution in [0.15, 0.2) is 24.3 Å². The van der Waals surface area contributed by atoms with Gasteiger partial charge in [-0.15, -0.1) is 0 Å². The first kappa shape index (κ1) is 22.1. The smallest absolute Gasteiger partial charge is 0.328 e. The van der Waals surface area contributed by atoms with Gasteiger partial charge in [-0.05, 0) is 17.5 Å². The number of esters is 2. The van der Waals surface area contributed by atoms with Gasteiger partial charge in [0.15, 0.2) is 6.61 Å². The zero-order valence-corrected chi connectivity index (χ0v) is 16.6. The fourth-order valence-electron chi connectivity index (χ4n) is 2.89. The van der Waals surface area contributed by atoms with E-state index in [2.05, 4.69) is 10.1 Å². The van der Waals surface area contributed by atoms with Gasteiger partial charge in [0.2, 0.25) is 5.91 Å². The Bertz CT molecular complexity index is 821. The largest absolute Gasteiger partial charge is 0.467 e. The summed E-state index contributed by atoms with van der Waals surface area (Å²) >= 11 is 0. The number of carbonyl (C=O) groups is 5. The minimum Gasteiger partial charge on any atom is -0.467 e. The van der Waals surface area contributed by atoms with Crippen LogP contribution in [0.5, 0.6) is 0 Å². The summed E-state index contributed by atoms with van der Waals surface area (Å²) in [6.45, 7) is 2.40. The fraction of sp³-hybridized carbons (Fsp3) is 0.450. The average Bonchev–Trinajstić information content (AvgIpc) is 2.72. The third-order valence-electron chi connectivity index (χ3n) is 4.77. The number of methoxy groups -OCH3 is 1. The van der Waals surface area contributed by atoms with Gasteiger partial charge in [-0.2, -0.15) is 0 Å². The number of hydrogen-bond donors (Lipinski definition) is 1. The van der Waals surface area contributed by atoms with E-state index < -0.39 is 48.9 Å². The van der Waals surface area contributed by atoms with Gasteiger partial charge in [0.25, 0.3) is 11.8 Å². The van der Waals surface area contributed by atoms with Crippen molar-refractivity contribution in [1.82, 2.24) is 10.2 Å². The van der Waals surface area contributed by atoms with Crippen LogP contribution >= 0.6 is 0 Å². The molecule has 0 fully saturated rings. The molecule has 3 amide bonds. The highest BCUT2D eigenvalue weighted by atomic mass is 16.5. The van der Waals surface area contributed by atoms with Gasteiger partial charge in [-0.3, -0.25) is 24.1 Å². The molecule has 1 heterocycles. The van der Waals surface area contributed by atoms with E-state index >= 15 is 0 Å².